The molecular formula is C20H21N4O2S2+. The second-order valence-corrected chi connectivity index (χ2v) is 8.06. The van der Waals surface area contributed by atoms with E-state index >= 15 is 0 Å². The maximum atomic E-state index is 5.71. The number of rotatable bonds is 6. The molecule has 28 heavy (non-hydrogen) atoms. The van der Waals surface area contributed by atoms with E-state index in [1.807, 2.05) is 42.5 Å². The van der Waals surface area contributed by atoms with Crippen molar-refractivity contribution >= 4 is 33.8 Å². The first-order valence-corrected chi connectivity index (χ1v) is 10.2. The maximum Gasteiger partial charge on any atom is 0.292 e. The standard InChI is InChI=1S/C20H20N4O2S2/c1-13(19-21-16-6-4-5-7-17(16)28-19)23(2)12-24-20(27)26-18(22-24)14-8-10-15(25-3)11-9-14/h4-11,13H,12H2,1-3H3/p+1/t13-/m1/s1. The van der Waals surface area contributed by atoms with Crippen LogP contribution in [0.1, 0.15) is 18.0 Å². The van der Waals surface area contributed by atoms with E-state index in [-0.39, 0.29) is 6.04 Å². The Labute approximate surface area is 172 Å². The monoisotopic (exact) mass is 413 g/mol. The van der Waals surface area contributed by atoms with E-state index < -0.39 is 0 Å². The van der Waals surface area contributed by atoms with Crippen LogP contribution in [0.5, 0.6) is 5.75 Å². The molecule has 0 radical (unpaired) electrons. The number of thiazole rings is 1. The summed E-state index contributed by atoms with van der Waals surface area (Å²) in [5.74, 6) is 1.30. The van der Waals surface area contributed by atoms with E-state index in [0.29, 0.717) is 17.4 Å². The smallest absolute Gasteiger partial charge is 0.292 e. The zero-order valence-electron chi connectivity index (χ0n) is 15.9. The lowest BCUT2D eigenvalue weighted by atomic mass is 10.2. The highest BCUT2D eigenvalue weighted by molar-refractivity contribution is 7.71. The molecule has 0 saturated heterocycles. The van der Waals surface area contributed by atoms with Crippen LogP contribution in [0.2, 0.25) is 0 Å². The first-order valence-electron chi connectivity index (χ1n) is 8.95. The van der Waals surface area contributed by atoms with Crippen molar-refractivity contribution in [1.29, 1.82) is 0 Å². The summed E-state index contributed by atoms with van der Waals surface area (Å²) >= 11 is 7.11. The highest BCUT2D eigenvalue weighted by Gasteiger charge is 2.21. The van der Waals surface area contributed by atoms with E-state index in [1.54, 1.807) is 23.1 Å². The third kappa shape index (κ3) is 3.71. The van der Waals surface area contributed by atoms with E-state index in [1.165, 1.54) is 9.60 Å². The molecule has 1 unspecified atom stereocenters. The predicted octanol–water partition coefficient (Wildman–Crippen LogP) is 3.72. The number of aromatic nitrogens is 3. The number of ether oxygens (including phenoxy) is 1. The lowest BCUT2D eigenvalue weighted by Gasteiger charge is -2.19. The molecule has 0 aliphatic heterocycles. The number of hydrogen-bond donors (Lipinski definition) is 1. The van der Waals surface area contributed by atoms with Gasteiger partial charge in [0.15, 0.2) is 11.7 Å². The Morgan fingerprint density at radius 2 is 1.96 bits per heavy atom. The van der Waals surface area contributed by atoms with Gasteiger partial charge in [0.1, 0.15) is 11.8 Å². The minimum atomic E-state index is 0.209. The van der Waals surface area contributed by atoms with Gasteiger partial charge in [-0.1, -0.05) is 12.1 Å². The van der Waals surface area contributed by atoms with E-state index in [4.69, 9.17) is 26.4 Å². The van der Waals surface area contributed by atoms with Gasteiger partial charge in [-0.05, 0) is 55.5 Å². The van der Waals surface area contributed by atoms with Crippen molar-refractivity contribution in [2.75, 3.05) is 14.2 Å². The molecule has 0 amide bonds. The third-order valence-electron chi connectivity index (χ3n) is 4.76. The van der Waals surface area contributed by atoms with Crippen molar-refractivity contribution < 1.29 is 14.1 Å². The van der Waals surface area contributed by atoms with Gasteiger partial charge in [0, 0.05) is 5.56 Å². The van der Waals surface area contributed by atoms with Gasteiger partial charge in [0.25, 0.3) is 4.84 Å². The van der Waals surface area contributed by atoms with Gasteiger partial charge < -0.3 is 14.1 Å². The van der Waals surface area contributed by atoms with Crippen LogP contribution in [0.15, 0.2) is 52.9 Å². The zero-order valence-corrected chi connectivity index (χ0v) is 17.5. The van der Waals surface area contributed by atoms with E-state index in [0.717, 1.165) is 21.8 Å². The molecule has 0 aliphatic rings. The number of quaternary nitrogens is 1. The van der Waals surface area contributed by atoms with Crippen LogP contribution in [0.4, 0.5) is 0 Å². The summed E-state index contributed by atoms with van der Waals surface area (Å²) in [6.45, 7) is 2.76. The maximum absolute atomic E-state index is 5.71. The molecule has 0 aliphatic carbocycles. The summed E-state index contributed by atoms with van der Waals surface area (Å²) in [7, 11) is 3.75. The first-order chi connectivity index (χ1) is 13.5. The summed E-state index contributed by atoms with van der Waals surface area (Å²) in [6.07, 6.45) is 0. The molecule has 2 heterocycles. The van der Waals surface area contributed by atoms with Crippen LogP contribution in [-0.4, -0.2) is 28.9 Å². The normalized spacial score (nSPS) is 13.5. The Hall–Kier alpha value is -2.55. The predicted molar refractivity (Wildman–Crippen MR) is 112 cm³/mol. The lowest BCUT2D eigenvalue weighted by molar-refractivity contribution is -0.933. The molecule has 2 aromatic carbocycles. The molecule has 1 N–H and O–H groups in total. The Balaban J connectivity index is 1.53. The quantitative estimate of drug-likeness (QED) is 0.488. The molecule has 4 rings (SSSR count). The number of methoxy groups -OCH3 is 1. The average Bonchev–Trinajstić information content (AvgIpc) is 3.31. The van der Waals surface area contributed by atoms with Gasteiger partial charge in [-0.25, -0.2) is 4.98 Å². The number of nitrogens with one attached hydrogen (secondary N) is 1. The lowest BCUT2D eigenvalue weighted by Crippen LogP contribution is -3.08. The Morgan fingerprint density at radius 1 is 1.21 bits per heavy atom. The Kier molecular flexibility index (Phi) is 5.25. The summed E-state index contributed by atoms with van der Waals surface area (Å²) in [5, 5.41) is 5.66. The van der Waals surface area contributed by atoms with Crippen molar-refractivity contribution in [3.63, 3.8) is 0 Å². The summed E-state index contributed by atoms with van der Waals surface area (Å²) in [4.78, 5) is 6.36. The van der Waals surface area contributed by atoms with Gasteiger partial charge in [0.2, 0.25) is 5.89 Å². The highest BCUT2D eigenvalue weighted by atomic mass is 32.1. The Bertz CT molecular complexity index is 1110. The van der Waals surface area contributed by atoms with E-state index in [2.05, 4.69) is 25.1 Å². The number of nitrogens with zero attached hydrogens (tertiary/aromatic N) is 3. The van der Waals surface area contributed by atoms with Crippen molar-refractivity contribution in [2.24, 2.45) is 0 Å². The van der Waals surface area contributed by atoms with Crippen LogP contribution >= 0.6 is 23.6 Å². The van der Waals surface area contributed by atoms with Crippen molar-refractivity contribution in [2.45, 2.75) is 19.6 Å². The van der Waals surface area contributed by atoms with Crippen LogP contribution in [0.3, 0.4) is 0 Å². The van der Waals surface area contributed by atoms with Gasteiger partial charge in [0.05, 0.1) is 24.4 Å². The van der Waals surface area contributed by atoms with Crippen molar-refractivity contribution in [3.8, 4) is 17.2 Å². The average molecular weight is 414 g/mol. The molecule has 4 aromatic rings. The highest BCUT2D eigenvalue weighted by Crippen LogP contribution is 2.25. The fourth-order valence-corrected chi connectivity index (χ4v) is 4.21. The number of fused-ring (bicyclic) bond motifs is 1. The minimum absolute atomic E-state index is 0.209. The minimum Gasteiger partial charge on any atom is -0.497 e. The molecule has 0 bridgehead atoms. The van der Waals surface area contributed by atoms with Gasteiger partial charge in [-0.2, -0.15) is 4.68 Å². The second kappa shape index (κ2) is 7.83. The number of para-hydroxylation sites is 1. The summed E-state index contributed by atoms with van der Waals surface area (Å²) < 4.78 is 13.8. The SMILES string of the molecule is COc1ccc(-c2nn(C[NH+](C)[C@H](C)c3nc4ccccc4s3)c(=S)o2)cc1. The van der Waals surface area contributed by atoms with Crippen LogP contribution in [0.25, 0.3) is 21.7 Å². The molecule has 0 saturated carbocycles. The van der Waals surface area contributed by atoms with Gasteiger partial charge >= 0.3 is 0 Å². The third-order valence-corrected chi connectivity index (χ3v) is 6.28. The van der Waals surface area contributed by atoms with Crippen LogP contribution < -0.4 is 9.64 Å². The van der Waals surface area contributed by atoms with E-state index in [9.17, 15) is 0 Å². The number of hydrogen-bond acceptors (Lipinski definition) is 6. The zero-order chi connectivity index (χ0) is 19.7. The topological polar surface area (TPSA) is 57.5 Å². The summed E-state index contributed by atoms with van der Waals surface area (Å²) in [5.41, 5.74) is 1.91. The Morgan fingerprint density at radius 3 is 2.68 bits per heavy atom. The fourth-order valence-electron chi connectivity index (χ4n) is 2.92. The van der Waals surface area contributed by atoms with Gasteiger partial charge in [-0.15, -0.1) is 16.4 Å². The first kappa shape index (κ1) is 18.8. The molecule has 0 spiro atoms. The number of benzene rings is 2. The molecule has 2 atom stereocenters. The van der Waals surface area contributed by atoms with Gasteiger partial charge in [-0.3, -0.25) is 0 Å². The molecule has 8 heteroatoms. The molecule has 6 nitrogen and oxygen atoms in total. The molecule has 2 aromatic heterocycles. The van der Waals surface area contributed by atoms with Crippen LogP contribution in [-0.2, 0) is 6.67 Å². The second-order valence-electron chi connectivity index (χ2n) is 6.65. The largest absolute Gasteiger partial charge is 0.497 e. The fraction of sp³-hybridized carbons (Fsp3) is 0.250. The summed E-state index contributed by atoms with van der Waals surface area (Å²) in [6, 6.07) is 16.0. The molecule has 144 valence electrons. The van der Waals surface area contributed by atoms with Crippen molar-refractivity contribution in [1.82, 2.24) is 14.8 Å². The van der Waals surface area contributed by atoms with Crippen LogP contribution in [0, 0.1) is 4.84 Å². The van der Waals surface area contributed by atoms with Crippen molar-refractivity contribution in [3.05, 3.63) is 58.4 Å². The molecular weight excluding hydrogens is 392 g/mol. The molecule has 0 fully saturated rings.